The molecular weight excluding hydrogens is 192 g/mol. The van der Waals surface area contributed by atoms with Crippen molar-refractivity contribution < 1.29 is 9.53 Å². The van der Waals surface area contributed by atoms with Crippen LogP contribution in [0.5, 0.6) is 0 Å². The second kappa shape index (κ2) is 6.44. The monoisotopic (exact) mass is 210 g/mol. The molecule has 1 heterocycles. The maximum Gasteiger partial charge on any atom is 0.234 e. The first kappa shape index (κ1) is 12.0. The van der Waals surface area contributed by atoms with Gasteiger partial charge in [0.1, 0.15) is 0 Å². The number of nitrogens with zero attached hydrogens (tertiary/aromatic N) is 1. The summed E-state index contributed by atoms with van der Waals surface area (Å²) in [6, 6.07) is 0. The average molecular weight is 210 g/mol. The Morgan fingerprint density at radius 1 is 1.73 bits per heavy atom. The lowest BCUT2D eigenvalue weighted by atomic mass is 10.3. The lowest BCUT2D eigenvalue weighted by Crippen LogP contribution is -2.40. The molecule has 0 bridgehead atoms. The second-order valence-corrected chi connectivity index (χ2v) is 3.75. The van der Waals surface area contributed by atoms with E-state index in [0.29, 0.717) is 13.1 Å². The maximum atomic E-state index is 11.4. The first-order valence-corrected chi connectivity index (χ1v) is 5.26. The van der Waals surface area contributed by atoms with E-state index < -0.39 is 0 Å². The lowest BCUT2D eigenvalue weighted by molar-refractivity contribution is -0.122. The minimum atomic E-state index is -0.0120. The zero-order valence-corrected chi connectivity index (χ0v) is 9.16. The van der Waals surface area contributed by atoms with Crippen LogP contribution in [0.4, 0.5) is 0 Å². The average Bonchev–Trinajstić information content (AvgIpc) is 2.39. The molecule has 1 atom stereocenters. The van der Waals surface area contributed by atoms with Crippen LogP contribution >= 0.6 is 0 Å². The Balaban J connectivity index is 2.29. The standard InChI is InChI=1S/C11H18N2O2/c1-3-5-12-11(14)9-13-6-4-7-15-10(2)8-13/h1,10H,4-9H2,2H3,(H,12,14). The van der Waals surface area contributed by atoms with Gasteiger partial charge >= 0.3 is 0 Å². The number of hydrogen-bond acceptors (Lipinski definition) is 3. The summed E-state index contributed by atoms with van der Waals surface area (Å²) < 4.78 is 5.49. The number of hydrogen-bond donors (Lipinski definition) is 1. The van der Waals surface area contributed by atoms with Crippen molar-refractivity contribution in [2.75, 3.05) is 32.8 Å². The molecule has 0 radical (unpaired) electrons. The summed E-state index contributed by atoms with van der Waals surface area (Å²) in [7, 11) is 0. The molecule has 0 saturated carbocycles. The molecule has 15 heavy (non-hydrogen) atoms. The van der Waals surface area contributed by atoms with Crippen molar-refractivity contribution >= 4 is 5.91 Å². The summed E-state index contributed by atoms with van der Waals surface area (Å²) in [5.74, 6) is 2.37. The molecule has 0 aromatic rings. The molecule has 1 unspecified atom stereocenters. The van der Waals surface area contributed by atoms with E-state index in [9.17, 15) is 4.79 Å². The van der Waals surface area contributed by atoms with Gasteiger partial charge in [0.25, 0.3) is 0 Å². The van der Waals surface area contributed by atoms with Crippen molar-refractivity contribution in [3.63, 3.8) is 0 Å². The summed E-state index contributed by atoms with van der Waals surface area (Å²) in [5, 5.41) is 2.66. The molecule has 4 heteroatoms. The first-order chi connectivity index (χ1) is 7.22. The minimum Gasteiger partial charge on any atom is -0.377 e. The smallest absolute Gasteiger partial charge is 0.234 e. The van der Waals surface area contributed by atoms with Crippen molar-refractivity contribution in [2.24, 2.45) is 0 Å². The molecule has 1 aliphatic heterocycles. The van der Waals surface area contributed by atoms with Gasteiger partial charge < -0.3 is 10.1 Å². The van der Waals surface area contributed by atoms with Gasteiger partial charge in [-0.05, 0) is 13.3 Å². The summed E-state index contributed by atoms with van der Waals surface area (Å²) in [5.41, 5.74) is 0. The fourth-order valence-corrected chi connectivity index (χ4v) is 1.63. The van der Waals surface area contributed by atoms with E-state index in [-0.39, 0.29) is 12.0 Å². The van der Waals surface area contributed by atoms with E-state index in [0.717, 1.165) is 26.1 Å². The first-order valence-electron chi connectivity index (χ1n) is 5.26. The van der Waals surface area contributed by atoms with Gasteiger partial charge in [0.15, 0.2) is 0 Å². The molecule has 1 fully saturated rings. The van der Waals surface area contributed by atoms with Crippen molar-refractivity contribution in [2.45, 2.75) is 19.4 Å². The van der Waals surface area contributed by atoms with E-state index in [2.05, 4.69) is 16.1 Å². The van der Waals surface area contributed by atoms with Crippen LogP contribution in [0.25, 0.3) is 0 Å². The van der Waals surface area contributed by atoms with Crippen LogP contribution in [0.15, 0.2) is 0 Å². The van der Waals surface area contributed by atoms with E-state index in [1.165, 1.54) is 0 Å². The van der Waals surface area contributed by atoms with Crippen molar-refractivity contribution in [3.05, 3.63) is 0 Å². The Hall–Kier alpha value is -1.05. The van der Waals surface area contributed by atoms with Crippen molar-refractivity contribution in [1.29, 1.82) is 0 Å². The van der Waals surface area contributed by atoms with Gasteiger partial charge in [-0.3, -0.25) is 9.69 Å². The molecule has 0 spiro atoms. The number of carbonyl (C=O) groups is 1. The van der Waals surface area contributed by atoms with E-state index >= 15 is 0 Å². The zero-order chi connectivity index (χ0) is 11.1. The topological polar surface area (TPSA) is 41.6 Å². The van der Waals surface area contributed by atoms with Gasteiger partial charge in [-0.25, -0.2) is 0 Å². The second-order valence-electron chi connectivity index (χ2n) is 3.75. The van der Waals surface area contributed by atoms with Crippen LogP contribution in [0.3, 0.4) is 0 Å². The quantitative estimate of drug-likeness (QED) is 0.659. The third-order valence-corrected chi connectivity index (χ3v) is 2.29. The molecule has 1 amide bonds. The summed E-state index contributed by atoms with van der Waals surface area (Å²) in [6.07, 6.45) is 6.24. The fraction of sp³-hybridized carbons (Fsp3) is 0.727. The van der Waals surface area contributed by atoms with Crippen LogP contribution < -0.4 is 5.32 Å². The highest BCUT2D eigenvalue weighted by Gasteiger charge is 2.16. The predicted molar refractivity (Wildman–Crippen MR) is 58.3 cm³/mol. The van der Waals surface area contributed by atoms with Crippen LogP contribution in [-0.4, -0.2) is 49.7 Å². The lowest BCUT2D eigenvalue weighted by Gasteiger charge is -2.20. The molecule has 84 valence electrons. The van der Waals surface area contributed by atoms with E-state index in [4.69, 9.17) is 11.2 Å². The van der Waals surface area contributed by atoms with Crippen molar-refractivity contribution in [1.82, 2.24) is 10.2 Å². The number of carbonyl (C=O) groups excluding carboxylic acids is 1. The van der Waals surface area contributed by atoms with Gasteiger partial charge in [0.2, 0.25) is 5.91 Å². The number of ether oxygens (including phenoxy) is 1. The van der Waals surface area contributed by atoms with Gasteiger partial charge in [-0.15, -0.1) is 6.42 Å². The molecule has 1 saturated heterocycles. The Kier molecular flexibility index (Phi) is 5.16. The highest BCUT2D eigenvalue weighted by atomic mass is 16.5. The van der Waals surface area contributed by atoms with Gasteiger partial charge in [0.05, 0.1) is 19.2 Å². The summed E-state index contributed by atoms with van der Waals surface area (Å²) in [4.78, 5) is 13.5. The highest BCUT2D eigenvalue weighted by molar-refractivity contribution is 5.78. The number of terminal acetylenes is 1. The van der Waals surface area contributed by atoms with Crippen LogP contribution in [0.2, 0.25) is 0 Å². The predicted octanol–water partition coefficient (Wildman–Crippen LogP) is -0.153. The number of rotatable bonds is 3. The van der Waals surface area contributed by atoms with Crippen LogP contribution in [0.1, 0.15) is 13.3 Å². The minimum absolute atomic E-state index is 0.0120. The fourth-order valence-electron chi connectivity index (χ4n) is 1.63. The van der Waals surface area contributed by atoms with Gasteiger partial charge in [-0.2, -0.15) is 0 Å². The normalized spacial score (nSPS) is 22.8. The van der Waals surface area contributed by atoms with E-state index in [1.54, 1.807) is 0 Å². The molecule has 4 nitrogen and oxygen atoms in total. The van der Waals surface area contributed by atoms with E-state index in [1.807, 2.05) is 6.92 Å². The molecule has 1 N–H and O–H groups in total. The van der Waals surface area contributed by atoms with Gasteiger partial charge in [-0.1, -0.05) is 5.92 Å². The Morgan fingerprint density at radius 3 is 3.27 bits per heavy atom. The van der Waals surface area contributed by atoms with Crippen LogP contribution in [-0.2, 0) is 9.53 Å². The molecule has 0 aromatic heterocycles. The van der Waals surface area contributed by atoms with Gasteiger partial charge in [0, 0.05) is 19.7 Å². The molecular formula is C11H18N2O2. The highest BCUT2D eigenvalue weighted by Crippen LogP contribution is 2.04. The Labute approximate surface area is 91.0 Å². The Morgan fingerprint density at radius 2 is 2.53 bits per heavy atom. The summed E-state index contributed by atoms with van der Waals surface area (Å²) in [6.45, 7) is 5.24. The third-order valence-electron chi connectivity index (χ3n) is 2.29. The third kappa shape index (κ3) is 4.82. The Bertz CT molecular complexity index is 247. The SMILES string of the molecule is C#CCNC(=O)CN1CCCOC(C)C1. The van der Waals surface area contributed by atoms with Crippen LogP contribution in [0, 0.1) is 12.3 Å². The molecule has 1 rings (SSSR count). The number of nitrogens with one attached hydrogen (secondary N) is 1. The van der Waals surface area contributed by atoms with Crippen molar-refractivity contribution in [3.8, 4) is 12.3 Å². The summed E-state index contributed by atoms with van der Waals surface area (Å²) >= 11 is 0. The number of amides is 1. The molecule has 1 aliphatic rings. The molecule has 0 aromatic carbocycles. The zero-order valence-electron chi connectivity index (χ0n) is 9.16. The largest absolute Gasteiger partial charge is 0.377 e. The molecule has 0 aliphatic carbocycles. The maximum absolute atomic E-state index is 11.4.